The third kappa shape index (κ3) is 5.20. The van der Waals surface area contributed by atoms with Crippen LogP contribution in [0.4, 0.5) is 5.82 Å². The molecular formula is C18H30N4O. The number of amides is 1. The predicted octanol–water partition coefficient (Wildman–Crippen LogP) is 2.39. The second-order valence-corrected chi connectivity index (χ2v) is 6.94. The maximum absolute atomic E-state index is 12.2. The van der Waals surface area contributed by atoms with Crippen LogP contribution < -0.4 is 10.2 Å². The Morgan fingerprint density at radius 1 is 1.17 bits per heavy atom. The van der Waals surface area contributed by atoms with Crippen molar-refractivity contribution in [2.24, 2.45) is 5.92 Å². The molecule has 5 heteroatoms. The van der Waals surface area contributed by atoms with Crippen LogP contribution in [0.3, 0.4) is 0 Å². The van der Waals surface area contributed by atoms with Gasteiger partial charge in [-0.3, -0.25) is 9.69 Å². The highest BCUT2D eigenvalue weighted by atomic mass is 16.1. The molecule has 0 bridgehead atoms. The smallest absolute Gasteiger partial charge is 0.269 e. The Morgan fingerprint density at radius 2 is 1.87 bits per heavy atom. The summed E-state index contributed by atoms with van der Waals surface area (Å²) in [4.78, 5) is 21.5. The van der Waals surface area contributed by atoms with Crippen LogP contribution in [0, 0.1) is 5.92 Å². The Kier molecular flexibility index (Phi) is 6.39. The van der Waals surface area contributed by atoms with Crippen LogP contribution in [-0.4, -0.2) is 54.6 Å². The number of nitrogens with one attached hydrogen (secondary N) is 1. The first-order chi connectivity index (χ1) is 11.0. The zero-order valence-electron chi connectivity index (χ0n) is 14.9. The Balaban J connectivity index is 1.93. The maximum Gasteiger partial charge on any atom is 0.269 e. The molecule has 1 amide bonds. The van der Waals surface area contributed by atoms with Gasteiger partial charge in [0.05, 0.1) is 0 Å². The molecule has 1 saturated heterocycles. The second kappa shape index (κ2) is 8.29. The quantitative estimate of drug-likeness (QED) is 0.875. The number of pyridine rings is 1. The van der Waals surface area contributed by atoms with Gasteiger partial charge in [-0.15, -0.1) is 0 Å². The number of carbonyl (C=O) groups is 1. The highest BCUT2D eigenvalue weighted by molar-refractivity contribution is 5.92. The van der Waals surface area contributed by atoms with Gasteiger partial charge in [0.1, 0.15) is 11.5 Å². The van der Waals surface area contributed by atoms with Crippen LogP contribution in [0.15, 0.2) is 18.2 Å². The van der Waals surface area contributed by atoms with E-state index in [2.05, 4.69) is 47.8 Å². The highest BCUT2D eigenvalue weighted by Crippen LogP contribution is 2.15. The van der Waals surface area contributed by atoms with Gasteiger partial charge in [0.2, 0.25) is 0 Å². The molecule has 2 rings (SSSR count). The molecule has 0 atom stereocenters. The zero-order chi connectivity index (χ0) is 16.8. The van der Waals surface area contributed by atoms with Gasteiger partial charge >= 0.3 is 0 Å². The van der Waals surface area contributed by atoms with Crippen LogP contribution in [-0.2, 0) is 0 Å². The van der Waals surface area contributed by atoms with Crippen molar-refractivity contribution in [3.8, 4) is 0 Å². The Morgan fingerprint density at radius 3 is 2.48 bits per heavy atom. The summed E-state index contributed by atoms with van der Waals surface area (Å²) in [5, 5.41) is 2.95. The van der Waals surface area contributed by atoms with E-state index in [1.165, 1.54) is 0 Å². The first kappa shape index (κ1) is 17.7. The minimum Gasteiger partial charge on any atom is -0.354 e. The molecule has 0 radical (unpaired) electrons. The summed E-state index contributed by atoms with van der Waals surface area (Å²) in [7, 11) is 0. The van der Waals surface area contributed by atoms with E-state index >= 15 is 0 Å². The fraction of sp³-hybridized carbons (Fsp3) is 0.667. The minimum atomic E-state index is -0.0756. The van der Waals surface area contributed by atoms with E-state index in [1.807, 2.05) is 12.1 Å². The third-order valence-corrected chi connectivity index (χ3v) is 4.34. The van der Waals surface area contributed by atoms with Crippen molar-refractivity contribution in [3.63, 3.8) is 0 Å². The largest absolute Gasteiger partial charge is 0.354 e. The van der Waals surface area contributed by atoms with E-state index in [4.69, 9.17) is 0 Å². The lowest BCUT2D eigenvalue weighted by Crippen LogP contribution is -2.49. The summed E-state index contributed by atoms with van der Waals surface area (Å²) in [6.45, 7) is 13.5. The van der Waals surface area contributed by atoms with Crippen LogP contribution in [0.2, 0.25) is 0 Å². The normalized spacial score (nSPS) is 16.2. The average Bonchev–Trinajstić information content (AvgIpc) is 2.54. The van der Waals surface area contributed by atoms with Gasteiger partial charge in [-0.05, 0) is 38.3 Å². The lowest BCUT2D eigenvalue weighted by atomic mass is 10.1. The van der Waals surface area contributed by atoms with Gasteiger partial charge < -0.3 is 10.2 Å². The predicted molar refractivity (Wildman–Crippen MR) is 94.9 cm³/mol. The van der Waals surface area contributed by atoms with E-state index < -0.39 is 0 Å². The molecule has 1 N–H and O–H groups in total. The molecular weight excluding hydrogens is 288 g/mol. The number of anilines is 1. The van der Waals surface area contributed by atoms with Gasteiger partial charge in [0.15, 0.2) is 0 Å². The van der Waals surface area contributed by atoms with Crippen molar-refractivity contribution in [2.75, 3.05) is 37.6 Å². The second-order valence-electron chi connectivity index (χ2n) is 6.94. The summed E-state index contributed by atoms with van der Waals surface area (Å²) >= 11 is 0. The Hall–Kier alpha value is -1.62. The average molecular weight is 318 g/mol. The van der Waals surface area contributed by atoms with E-state index in [0.29, 0.717) is 24.2 Å². The molecule has 0 unspecified atom stereocenters. The molecule has 0 aromatic carbocycles. The van der Waals surface area contributed by atoms with Gasteiger partial charge in [0, 0.05) is 38.8 Å². The van der Waals surface area contributed by atoms with Crippen LogP contribution in [0.5, 0.6) is 0 Å². The molecule has 1 aromatic heterocycles. The van der Waals surface area contributed by atoms with Crippen molar-refractivity contribution < 1.29 is 4.79 Å². The maximum atomic E-state index is 12.2. The first-order valence-corrected chi connectivity index (χ1v) is 8.71. The van der Waals surface area contributed by atoms with Gasteiger partial charge in [0.25, 0.3) is 5.91 Å². The van der Waals surface area contributed by atoms with Gasteiger partial charge in [-0.1, -0.05) is 19.9 Å². The SMILES string of the molecule is CC(C)CCNC(=O)c1cccc(N2CCN(C(C)C)CC2)n1. The lowest BCUT2D eigenvalue weighted by molar-refractivity contribution is 0.0947. The lowest BCUT2D eigenvalue weighted by Gasteiger charge is -2.37. The number of hydrogen-bond acceptors (Lipinski definition) is 4. The van der Waals surface area contributed by atoms with E-state index in [1.54, 1.807) is 6.07 Å². The number of carbonyl (C=O) groups excluding carboxylic acids is 1. The molecule has 0 aliphatic carbocycles. The summed E-state index contributed by atoms with van der Waals surface area (Å²) in [6, 6.07) is 6.30. The zero-order valence-corrected chi connectivity index (χ0v) is 14.9. The van der Waals surface area contributed by atoms with Gasteiger partial charge in [-0.25, -0.2) is 4.98 Å². The first-order valence-electron chi connectivity index (χ1n) is 8.71. The third-order valence-electron chi connectivity index (χ3n) is 4.34. The monoisotopic (exact) mass is 318 g/mol. The Labute approximate surface area is 140 Å². The van der Waals surface area contributed by atoms with E-state index in [-0.39, 0.29) is 5.91 Å². The van der Waals surface area contributed by atoms with Crippen molar-refractivity contribution in [2.45, 2.75) is 40.2 Å². The number of hydrogen-bond donors (Lipinski definition) is 1. The van der Waals surface area contributed by atoms with Gasteiger partial charge in [-0.2, -0.15) is 0 Å². The van der Waals surface area contributed by atoms with E-state index in [9.17, 15) is 4.79 Å². The molecule has 1 fully saturated rings. The van der Waals surface area contributed by atoms with E-state index in [0.717, 1.165) is 38.4 Å². The molecule has 0 spiro atoms. The number of rotatable bonds is 6. The van der Waals surface area contributed by atoms with Crippen LogP contribution >= 0.6 is 0 Å². The van der Waals surface area contributed by atoms with Crippen LogP contribution in [0.1, 0.15) is 44.6 Å². The molecule has 1 aliphatic rings. The minimum absolute atomic E-state index is 0.0756. The summed E-state index contributed by atoms with van der Waals surface area (Å²) in [6.07, 6.45) is 0.989. The van der Waals surface area contributed by atoms with Crippen molar-refractivity contribution >= 4 is 11.7 Å². The molecule has 23 heavy (non-hydrogen) atoms. The summed E-state index contributed by atoms with van der Waals surface area (Å²) < 4.78 is 0. The summed E-state index contributed by atoms with van der Waals surface area (Å²) in [5.41, 5.74) is 0.512. The molecule has 128 valence electrons. The number of aromatic nitrogens is 1. The fourth-order valence-electron chi connectivity index (χ4n) is 2.76. The fourth-order valence-corrected chi connectivity index (χ4v) is 2.76. The molecule has 1 aliphatic heterocycles. The molecule has 1 aromatic rings. The van der Waals surface area contributed by atoms with Crippen LogP contribution in [0.25, 0.3) is 0 Å². The summed E-state index contributed by atoms with van der Waals surface area (Å²) in [5.74, 6) is 1.42. The number of piperazine rings is 1. The molecule has 0 saturated carbocycles. The van der Waals surface area contributed by atoms with Crippen molar-refractivity contribution in [1.29, 1.82) is 0 Å². The Bertz CT molecular complexity index is 507. The molecule has 2 heterocycles. The van der Waals surface area contributed by atoms with Crippen molar-refractivity contribution in [3.05, 3.63) is 23.9 Å². The number of nitrogens with zero attached hydrogens (tertiary/aromatic N) is 3. The standard InChI is InChI=1S/C18H30N4O/c1-14(2)8-9-19-18(23)16-6-5-7-17(20-16)22-12-10-21(11-13-22)15(3)4/h5-7,14-15H,8-13H2,1-4H3,(H,19,23). The van der Waals surface area contributed by atoms with Crippen molar-refractivity contribution in [1.82, 2.24) is 15.2 Å². The topological polar surface area (TPSA) is 48.5 Å². The molecule has 5 nitrogen and oxygen atoms in total. The highest BCUT2D eigenvalue weighted by Gasteiger charge is 2.20.